The Kier molecular flexibility index (Phi) is 3.89. The fourth-order valence-corrected chi connectivity index (χ4v) is 3.52. The molecule has 2 heterocycles. The van der Waals surface area contributed by atoms with Crippen molar-refractivity contribution in [3.05, 3.63) is 28.5 Å². The van der Waals surface area contributed by atoms with Crippen molar-refractivity contribution in [2.45, 2.75) is 31.7 Å². The lowest BCUT2D eigenvalue weighted by atomic mass is 9.78. The number of hydrogen-bond acceptors (Lipinski definition) is 3. The van der Waals surface area contributed by atoms with Gasteiger partial charge >= 0.3 is 0 Å². The number of aromatic nitrogens is 1. The number of ether oxygens (including phenoxy) is 1. The average molecular weight is 323 g/mol. The van der Waals surface area contributed by atoms with Crippen LogP contribution in [0.2, 0.25) is 0 Å². The van der Waals surface area contributed by atoms with Crippen LogP contribution in [0, 0.1) is 5.92 Å². The summed E-state index contributed by atoms with van der Waals surface area (Å²) in [5.74, 6) is 1.62. The Hall–Kier alpha value is -0.870. The van der Waals surface area contributed by atoms with E-state index in [2.05, 4.69) is 38.4 Å². The van der Waals surface area contributed by atoms with E-state index < -0.39 is 0 Å². The first kappa shape index (κ1) is 13.1. The maximum absolute atomic E-state index is 5.33. The third kappa shape index (κ3) is 2.70. The molecular weight excluding hydrogens is 304 g/mol. The molecule has 0 spiro atoms. The van der Waals surface area contributed by atoms with Crippen LogP contribution in [0.5, 0.6) is 5.75 Å². The maximum atomic E-state index is 5.33. The zero-order valence-corrected chi connectivity index (χ0v) is 12.7. The summed E-state index contributed by atoms with van der Waals surface area (Å²) >= 11 is 3.40. The fourth-order valence-electron chi connectivity index (χ4n) is 3.14. The van der Waals surface area contributed by atoms with E-state index in [9.17, 15) is 0 Å². The zero-order chi connectivity index (χ0) is 13.2. The van der Waals surface area contributed by atoms with Crippen LogP contribution in [0.4, 0.5) is 0 Å². The molecule has 1 saturated heterocycles. The number of hydrogen-bond donors (Lipinski definition) is 1. The second-order valence-electron chi connectivity index (χ2n) is 5.35. The first-order valence-corrected chi connectivity index (χ1v) is 7.69. The van der Waals surface area contributed by atoms with Crippen LogP contribution < -0.4 is 10.1 Å². The normalized spacial score (nSPS) is 26.5. The van der Waals surface area contributed by atoms with Gasteiger partial charge in [0.25, 0.3) is 0 Å². The molecule has 19 heavy (non-hydrogen) atoms. The first-order chi connectivity index (χ1) is 9.28. The Bertz CT molecular complexity index is 501. The molecule has 3 nitrogen and oxygen atoms in total. The molecule has 0 bridgehead atoms. The molecular formula is C15H19BrN2O. The standard InChI is InChI=1S/C15H19BrN2O/c1-19-14-8-12(9-18-15(14)16)11-5-4-10-3-2-6-17-13(10)7-11/h5,8-10,13,17H,2-4,6-7H2,1H3. The molecule has 0 radical (unpaired) electrons. The zero-order valence-electron chi connectivity index (χ0n) is 11.2. The molecule has 2 atom stereocenters. The highest BCUT2D eigenvalue weighted by atomic mass is 79.9. The molecule has 0 aromatic carbocycles. The molecule has 0 amide bonds. The monoisotopic (exact) mass is 322 g/mol. The van der Waals surface area contributed by atoms with Crippen LogP contribution in [0.25, 0.3) is 5.57 Å². The summed E-state index contributed by atoms with van der Waals surface area (Å²) in [6.45, 7) is 1.16. The molecule has 2 unspecified atom stereocenters. The molecule has 1 aromatic heterocycles. The molecule has 0 saturated carbocycles. The topological polar surface area (TPSA) is 34.1 Å². The van der Waals surface area contributed by atoms with E-state index in [0.29, 0.717) is 6.04 Å². The predicted molar refractivity (Wildman–Crippen MR) is 80.2 cm³/mol. The summed E-state index contributed by atoms with van der Waals surface area (Å²) in [6.07, 6.45) is 9.30. The van der Waals surface area contributed by atoms with Crippen molar-refractivity contribution in [2.24, 2.45) is 5.92 Å². The van der Waals surface area contributed by atoms with Crippen LogP contribution in [0.15, 0.2) is 22.9 Å². The number of piperidine rings is 1. The van der Waals surface area contributed by atoms with E-state index >= 15 is 0 Å². The predicted octanol–water partition coefficient (Wildman–Crippen LogP) is 3.40. The Morgan fingerprint density at radius 1 is 1.47 bits per heavy atom. The highest BCUT2D eigenvalue weighted by Gasteiger charge is 2.28. The summed E-state index contributed by atoms with van der Waals surface area (Å²) in [7, 11) is 1.68. The molecule has 1 aliphatic carbocycles. The van der Waals surface area contributed by atoms with Crippen molar-refractivity contribution >= 4 is 21.5 Å². The maximum Gasteiger partial charge on any atom is 0.152 e. The number of halogens is 1. The molecule has 4 heteroatoms. The highest BCUT2D eigenvalue weighted by molar-refractivity contribution is 9.10. The van der Waals surface area contributed by atoms with Gasteiger partial charge < -0.3 is 10.1 Å². The quantitative estimate of drug-likeness (QED) is 0.847. The lowest BCUT2D eigenvalue weighted by Crippen LogP contribution is -2.42. The van der Waals surface area contributed by atoms with E-state index in [1.807, 2.05) is 6.20 Å². The number of nitrogens with zero attached hydrogens (tertiary/aromatic N) is 1. The third-order valence-electron chi connectivity index (χ3n) is 4.23. The van der Waals surface area contributed by atoms with Crippen molar-refractivity contribution in [1.82, 2.24) is 10.3 Å². The minimum Gasteiger partial charge on any atom is -0.494 e. The summed E-state index contributed by atoms with van der Waals surface area (Å²) in [6, 6.07) is 2.72. The Morgan fingerprint density at radius 3 is 3.21 bits per heavy atom. The number of allylic oxidation sites excluding steroid dienone is 1. The third-order valence-corrected chi connectivity index (χ3v) is 4.83. The second-order valence-corrected chi connectivity index (χ2v) is 6.10. The van der Waals surface area contributed by atoms with Gasteiger partial charge in [-0.25, -0.2) is 4.98 Å². The molecule has 1 aromatic rings. The summed E-state index contributed by atoms with van der Waals surface area (Å²) in [5.41, 5.74) is 2.58. The number of rotatable bonds is 2. The molecule has 102 valence electrons. The smallest absolute Gasteiger partial charge is 0.152 e. The van der Waals surface area contributed by atoms with Crippen molar-refractivity contribution in [3.8, 4) is 5.75 Å². The van der Waals surface area contributed by atoms with E-state index in [1.54, 1.807) is 7.11 Å². The van der Waals surface area contributed by atoms with E-state index in [-0.39, 0.29) is 0 Å². The van der Waals surface area contributed by atoms with Gasteiger partial charge in [-0.1, -0.05) is 6.08 Å². The van der Waals surface area contributed by atoms with Crippen LogP contribution >= 0.6 is 15.9 Å². The van der Waals surface area contributed by atoms with Gasteiger partial charge in [-0.3, -0.25) is 0 Å². The van der Waals surface area contributed by atoms with Crippen molar-refractivity contribution in [3.63, 3.8) is 0 Å². The van der Waals surface area contributed by atoms with Crippen molar-refractivity contribution < 1.29 is 4.74 Å². The van der Waals surface area contributed by atoms with Gasteiger partial charge in [0.15, 0.2) is 5.75 Å². The Morgan fingerprint density at radius 2 is 2.37 bits per heavy atom. The molecule has 2 aliphatic rings. The second kappa shape index (κ2) is 5.63. The van der Waals surface area contributed by atoms with Crippen LogP contribution in [0.1, 0.15) is 31.2 Å². The summed E-state index contributed by atoms with van der Waals surface area (Å²) in [4.78, 5) is 4.36. The van der Waals surface area contributed by atoms with Crippen molar-refractivity contribution in [2.75, 3.05) is 13.7 Å². The lowest BCUT2D eigenvalue weighted by molar-refractivity contribution is 0.278. The largest absolute Gasteiger partial charge is 0.494 e. The lowest BCUT2D eigenvalue weighted by Gasteiger charge is -2.36. The molecule has 1 fully saturated rings. The van der Waals surface area contributed by atoms with Gasteiger partial charge in [0, 0.05) is 12.2 Å². The minimum absolute atomic E-state index is 0.642. The average Bonchev–Trinajstić information content (AvgIpc) is 2.47. The van der Waals surface area contributed by atoms with Gasteiger partial charge in [-0.15, -0.1) is 0 Å². The van der Waals surface area contributed by atoms with Crippen LogP contribution in [-0.2, 0) is 0 Å². The Labute approximate surface area is 122 Å². The SMILES string of the molecule is COc1cc(C2=CCC3CCCNC3C2)cnc1Br. The van der Waals surface area contributed by atoms with E-state index in [1.165, 1.54) is 30.4 Å². The number of methoxy groups -OCH3 is 1. The van der Waals surface area contributed by atoms with Crippen molar-refractivity contribution in [1.29, 1.82) is 0 Å². The van der Waals surface area contributed by atoms with Gasteiger partial charge in [0.2, 0.25) is 0 Å². The minimum atomic E-state index is 0.642. The number of fused-ring (bicyclic) bond motifs is 1. The van der Waals surface area contributed by atoms with Gasteiger partial charge in [-0.2, -0.15) is 0 Å². The highest BCUT2D eigenvalue weighted by Crippen LogP contribution is 2.36. The molecule has 1 aliphatic heterocycles. The van der Waals surface area contributed by atoms with Gasteiger partial charge in [0.1, 0.15) is 4.60 Å². The number of nitrogens with one attached hydrogen (secondary N) is 1. The number of pyridine rings is 1. The fraction of sp³-hybridized carbons (Fsp3) is 0.533. The summed E-state index contributed by atoms with van der Waals surface area (Å²) in [5, 5.41) is 3.66. The van der Waals surface area contributed by atoms with Gasteiger partial charge in [0.05, 0.1) is 7.11 Å². The van der Waals surface area contributed by atoms with Gasteiger partial charge in [-0.05, 0) is 71.3 Å². The van der Waals surface area contributed by atoms with E-state index in [4.69, 9.17) is 4.74 Å². The first-order valence-electron chi connectivity index (χ1n) is 6.90. The summed E-state index contributed by atoms with van der Waals surface area (Å²) < 4.78 is 6.10. The molecule has 3 rings (SSSR count). The van der Waals surface area contributed by atoms with Crippen LogP contribution in [-0.4, -0.2) is 24.7 Å². The van der Waals surface area contributed by atoms with E-state index in [0.717, 1.165) is 29.2 Å². The molecule has 1 N–H and O–H groups in total. The van der Waals surface area contributed by atoms with Crippen LogP contribution in [0.3, 0.4) is 0 Å². The Balaban J connectivity index is 1.84.